The molecule has 7 heteroatoms. The zero-order chi connectivity index (χ0) is 13.3. The van der Waals surface area contributed by atoms with Crippen molar-refractivity contribution in [2.24, 2.45) is 7.05 Å². The van der Waals surface area contributed by atoms with E-state index >= 15 is 0 Å². The third-order valence-corrected chi connectivity index (χ3v) is 2.45. The lowest BCUT2D eigenvalue weighted by Gasteiger charge is -2.02. The number of alkyl halides is 3. The van der Waals surface area contributed by atoms with Gasteiger partial charge in [0.15, 0.2) is 5.82 Å². The summed E-state index contributed by atoms with van der Waals surface area (Å²) in [5.74, 6) is -0.942. The molecule has 0 atom stereocenters. The molecule has 0 aliphatic rings. The predicted molar refractivity (Wildman–Crippen MR) is 61.0 cm³/mol. The van der Waals surface area contributed by atoms with E-state index in [9.17, 15) is 13.2 Å². The van der Waals surface area contributed by atoms with Crippen molar-refractivity contribution < 1.29 is 13.2 Å². The van der Waals surface area contributed by atoms with Crippen LogP contribution in [0.2, 0.25) is 0 Å². The fraction of sp³-hybridized carbons (Fsp3) is 0.273. The van der Waals surface area contributed by atoms with Gasteiger partial charge in [0.25, 0.3) is 5.82 Å². The summed E-state index contributed by atoms with van der Waals surface area (Å²) in [6, 6.07) is 6.90. The predicted octanol–water partition coefficient (Wildman–Crippen LogP) is 2.54. The topological polar surface area (TPSA) is 42.7 Å². The normalized spacial score (nSPS) is 11.6. The molecule has 0 amide bonds. The van der Waals surface area contributed by atoms with E-state index in [1.54, 1.807) is 31.3 Å². The zero-order valence-electron chi connectivity index (χ0n) is 9.78. The minimum atomic E-state index is -4.53. The van der Waals surface area contributed by atoms with E-state index in [4.69, 9.17) is 0 Å². The van der Waals surface area contributed by atoms with Crippen LogP contribution < -0.4 is 5.32 Å². The Kier molecular flexibility index (Phi) is 2.98. The highest BCUT2D eigenvalue weighted by molar-refractivity contribution is 5.59. The van der Waals surface area contributed by atoms with Gasteiger partial charge in [-0.1, -0.05) is 0 Å². The Morgan fingerprint density at radius 1 is 1.17 bits per heavy atom. The zero-order valence-corrected chi connectivity index (χ0v) is 9.78. The van der Waals surface area contributed by atoms with Crippen LogP contribution in [0.25, 0.3) is 11.4 Å². The minimum Gasteiger partial charge on any atom is -0.388 e. The molecule has 1 N–H and O–H groups in total. The lowest BCUT2D eigenvalue weighted by Crippen LogP contribution is -2.08. The van der Waals surface area contributed by atoms with Crippen molar-refractivity contribution >= 4 is 5.69 Å². The molecule has 96 valence electrons. The molecule has 0 saturated heterocycles. The number of benzene rings is 1. The van der Waals surface area contributed by atoms with Gasteiger partial charge >= 0.3 is 6.18 Å². The van der Waals surface area contributed by atoms with Gasteiger partial charge in [0.2, 0.25) is 0 Å². The highest BCUT2D eigenvalue weighted by Crippen LogP contribution is 2.28. The summed E-state index contributed by atoms with van der Waals surface area (Å²) in [4.78, 5) is 3.51. The van der Waals surface area contributed by atoms with Crippen molar-refractivity contribution in [2.75, 3.05) is 12.4 Å². The maximum absolute atomic E-state index is 12.5. The highest BCUT2D eigenvalue weighted by Gasteiger charge is 2.36. The molecular formula is C11H11F3N4. The molecule has 0 spiro atoms. The van der Waals surface area contributed by atoms with E-state index in [1.165, 1.54) is 7.05 Å². The number of rotatable bonds is 2. The van der Waals surface area contributed by atoms with E-state index in [0.29, 0.717) is 5.56 Å². The largest absolute Gasteiger partial charge is 0.453 e. The van der Waals surface area contributed by atoms with Gasteiger partial charge in [0.1, 0.15) is 0 Å². The van der Waals surface area contributed by atoms with E-state index in [0.717, 1.165) is 10.4 Å². The van der Waals surface area contributed by atoms with Crippen LogP contribution >= 0.6 is 0 Å². The average molecular weight is 256 g/mol. The van der Waals surface area contributed by atoms with Crippen molar-refractivity contribution in [3.05, 3.63) is 30.1 Å². The molecule has 0 bridgehead atoms. The summed E-state index contributed by atoms with van der Waals surface area (Å²) < 4.78 is 38.5. The quantitative estimate of drug-likeness (QED) is 0.897. The molecule has 0 unspecified atom stereocenters. The SMILES string of the molecule is CNc1ccc(-c2nc(C(F)(F)F)nn2C)cc1. The lowest BCUT2D eigenvalue weighted by atomic mass is 10.2. The first-order valence-electron chi connectivity index (χ1n) is 5.18. The fourth-order valence-corrected chi connectivity index (χ4v) is 1.54. The van der Waals surface area contributed by atoms with Crippen LogP contribution in [0.5, 0.6) is 0 Å². The van der Waals surface area contributed by atoms with E-state index in [2.05, 4.69) is 15.4 Å². The van der Waals surface area contributed by atoms with E-state index in [-0.39, 0.29) is 5.82 Å². The number of aryl methyl sites for hydroxylation is 1. The Morgan fingerprint density at radius 2 is 1.78 bits per heavy atom. The highest BCUT2D eigenvalue weighted by atomic mass is 19.4. The fourth-order valence-electron chi connectivity index (χ4n) is 1.54. The van der Waals surface area contributed by atoms with Gasteiger partial charge in [-0.3, -0.25) is 0 Å². The number of nitrogens with zero attached hydrogens (tertiary/aromatic N) is 3. The van der Waals surface area contributed by atoms with Gasteiger partial charge < -0.3 is 5.32 Å². The molecule has 1 aromatic heterocycles. The third-order valence-electron chi connectivity index (χ3n) is 2.45. The number of nitrogens with one attached hydrogen (secondary N) is 1. The first kappa shape index (κ1) is 12.4. The second kappa shape index (κ2) is 4.32. The van der Waals surface area contributed by atoms with Gasteiger partial charge in [0, 0.05) is 25.3 Å². The van der Waals surface area contributed by atoms with Crippen LogP contribution in [0.3, 0.4) is 0 Å². The maximum Gasteiger partial charge on any atom is 0.453 e. The third kappa shape index (κ3) is 2.29. The standard InChI is InChI=1S/C11H11F3N4/c1-15-8-5-3-7(4-6-8)9-16-10(11(12,13)14)17-18(9)2/h3-6,15H,1-2H3. The van der Waals surface area contributed by atoms with Crippen molar-refractivity contribution in [2.45, 2.75) is 6.18 Å². The number of aromatic nitrogens is 3. The first-order chi connectivity index (χ1) is 8.41. The van der Waals surface area contributed by atoms with Crippen LogP contribution in [0, 0.1) is 0 Å². The molecule has 0 aliphatic carbocycles. The van der Waals surface area contributed by atoms with Gasteiger partial charge in [-0.15, -0.1) is 5.10 Å². The Morgan fingerprint density at radius 3 is 2.22 bits per heavy atom. The van der Waals surface area contributed by atoms with Crippen molar-refractivity contribution in [1.82, 2.24) is 14.8 Å². The molecule has 1 heterocycles. The van der Waals surface area contributed by atoms with Crippen molar-refractivity contribution in [1.29, 1.82) is 0 Å². The molecule has 4 nitrogen and oxygen atoms in total. The van der Waals surface area contributed by atoms with Crippen LogP contribution in [0.1, 0.15) is 5.82 Å². The van der Waals surface area contributed by atoms with E-state index in [1.807, 2.05) is 0 Å². The van der Waals surface area contributed by atoms with Crippen LogP contribution in [0.15, 0.2) is 24.3 Å². The monoisotopic (exact) mass is 256 g/mol. The smallest absolute Gasteiger partial charge is 0.388 e. The summed E-state index contributed by atoms with van der Waals surface area (Å²) in [6.45, 7) is 0. The van der Waals surface area contributed by atoms with Gasteiger partial charge in [-0.05, 0) is 24.3 Å². The van der Waals surface area contributed by atoms with Gasteiger partial charge in [-0.2, -0.15) is 13.2 Å². The molecule has 0 radical (unpaired) electrons. The summed E-state index contributed by atoms with van der Waals surface area (Å²) in [5, 5.41) is 6.29. The van der Waals surface area contributed by atoms with E-state index < -0.39 is 12.0 Å². The second-order valence-electron chi connectivity index (χ2n) is 3.71. The first-order valence-corrected chi connectivity index (χ1v) is 5.18. The Labute approximate surface area is 101 Å². The molecule has 0 fully saturated rings. The molecular weight excluding hydrogens is 245 g/mol. The molecule has 0 aliphatic heterocycles. The molecule has 2 aromatic rings. The Balaban J connectivity index is 2.41. The molecule has 2 rings (SSSR count). The van der Waals surface area contributed by atoms with Crippen LogP contribution in [0.4, 0.5) is 18.9 Å². The number of anilines is 1. The molecule has 18 heavy (non-hydrogen) atoms. The van der Waals surface area contributed by atoms with Crippen LogP contribution in [-0.2, 0) is 13.2 Å². The van der Waals surface area contributed by atoms with Crippen molar-refractivity contribution in [3.8, 4) is 11.4 Å². The van der Waals surface area contributed by atoms with Gasteiger partial charge in [0.05, 0.1) is 0 Å². The summed E-state index contributed by atoms with van der Waals surface area (Å²) in [7, 11) is 3.20. The average Bonchev–Trinajstić information content (AvgIpc) is 2.71. The maximum atomic E-state index is 12.5. The minimum absolute atomic E-state index is 0.185. The molecule has 0 saturated carbocycles. The van der Waals surface area contributed by atoms with Crippen molar-refractivity contribution in [3.63, 3.8) is 0 Å². The second-order valence-corrected chi connectivity index (χ2v) is 3.71. The summed E-state index contributed by atoms with van der Waals surface area (Å²) in [6.07, 6.45) is -4.53. The number of hydrogen-bond donors (Lipinski definition) is 1. The van der Waals surface area contributed by atoms with Gasteiger partial charge in [-0.25, -0.2) is 9.67 Å². The lowest BCUT2D eigenvalue weighted by molar-refractivity contribution is -0.144. The Hall–Kier alpha value is -2.05. The molecule has 1 aromatic carbocycles. The number of hydrogen-bond acceptors (Lipinski definition) is 3. The summed E-state index contributed by atoms with van der Waals surface area (Å²) >= 11 is 0. The van der Waals surface area contributed by atoms with Crippen LogP contribution in [-0.4, -0.2) is 21.8 Å². The number of halogens is 3. The Bertz CT molecular complexity index is 542. The summed E-state index contributed by atoms with van der Waals surface area (Å²) in [5.41, 5.74) is 1.46.